The van der Waals surface area contributed by atoms with E-state index < -0.39 is 0 Å². The fourth-order valence-electron chi connectivity index (χ4n) is 1.14. The van der Waals surface area contributed by atoms with Crippen LogP contribution >= 0.6 is 0 Å². The smallest absolute Gasteiger partial charge is 0.0492 e. The number of nitrogens with one attached hydrogen (secondary N) is 1. The van der Waals surface area contributed by atoms with Crippen molar-refractivity contribution in [3.05, 3.63) is 12.7 Å². The molecule has 76 valence electrons. The number of hydrogen-bond acceptors (Lipinski definition) is 2. The zero-order valence-electron chi connectivity index (χ0n) is 9.14. The molecule has 0 bridgehead atoms. The molecule has 0 fully saturated rings. The van der Waals surface area contributed by atoms with Crippen molar-refractivity contribution in [1.82, 2.24) is 5.43 Å². The largest absolute Gasteiger partial charge is 0.305 e. The highest BCUT2D eigenvalue weighted by Gasteiger charge is 2.14. The molecule has 0 saturated heterocycles. The van der Waals surface area contributed by atoms with Gasteiger partial charge in [0.1, 0.15) is 0 Å². The summed E-state index contributed by atoms with van der Waals surface area (Å²) >= 11 is 0. The van der Waals surface area contributed by atoms with E-state index >= 15 is 0 Å². The van der Waals surface area contributed by atoms with Gasteiger partial charge in [0.2, 0.25) is 0 Å². The molecular weight excluding hydrogens is 160 g/mol. The average Bonchev–Trinajstić information content (AvgIpc) is 2.05. The predicted molar refractivity (Wildman–Crippen MR) is 60.0 cm³/mol. The third kappa shape index (κ3) is 7.57. The highest BCUT2D eigenvalue weighted by Crippen LogP contribution is 2.13. The van der Waals surface area contributed by atoms with Crippen LogP contribution in [0.1, 0.15) is 46.5 Å². The van der Waals surface area contributed by atoms with Crippen LogP contribution in [0.4, 0.5) is 0 Å². The highest BCUT2D eigenvalue weighted by molar-refractivity contribution is 5.69. The van der Waals surface area contributed by atoms with E-state index in [9.17, 15) is 0 Å². The Balaban J connectivity index is 3.65. The quantitative estimate of drug-likeness (QED) is 0.365. The molecule has 0 aromatic rings. The zero-order valence-corrected chi connectivity index (χ0v) is 9.14. The number of unbranched alkanes of at least 4 members (excludes halogenated alkanes) is 2. The van der Waals surface area contributed by atoms with Gasteiger partial charge < -0.3 is 5.43 Å². The molecule has 2 nitrogen and oxygen atoms in total. The van der Waals surface area contributed by atoms with Gasteiger partial charge in [0, 0.05) is 11.8 Å². The van der Waals surface area contributed by atoms with Crippen molar-refractivity contribution < 1.29 is 0 Å². The van der Waals surface area contributed by atoms with Crippen molar-refractivity contribution in [3.63, 3.8) is 0 Å². The van der Waals surface area contributed by atoms with Crippen LogP contribution in [0.3, 0.4) is 0 Å². The van der Waals surface area contributed by atoms with Gasteiger partial charge in [0.15, 0.2) is 0 Å². The first-order valence-corrected chi connectivity index (χ1v) is 5.03. The molecule has 0 heterocycles. The third-order valence-corrected chi connectivity index (χ3v) is 1.95. The molecule has 0 rings (SSSR count). The van der Waals surface area contributed by atoms with E-state index in [2.05, 4.69) is 37.9 Å². The fourth-order valence-corrected chi connectivity index (χ4v) is 1.14. The van der Waals surface area contributed by atoms with Crippen molar-refractivity contribution in [1.29, 1.82) is 0 Å². The Kier molecular flexibility index (Phi) is 6.29. The molecule has 0 radical (unpaired) electrons. The first-order valence-electron chi connectivity index (χ1n) is 5.03. The van der Waals surface area contributed by atoms with Gasteiger partial charge in [-0.25, -0.2) is 0 Å². The minimum Gasteiger partial charge on any atom is -0.305 e. The maximum Gasteiger partial charge on any atom is 0.0492 e. The molecule has 0 amide bonds. The van der Waals surface area contributed by atoms with Gasteiger partial charge in [-0.2, -0.15) is 5.10 Å². The Morgan fingerprint density at radius 3 is 2.62 bits per heavy atom. The maximum absolute atomic E-state index is 4.05. The Morgan fingerprint density at radius 1 is 1.38 bits per heavy atom. The first kappa shape index (κ1) is 12.2. The van der Waals surface area contributed by atoms with Gasteiger partial charge in [0.05, 0.1) is 0 Å². The standard InChI is InChI=1S/C11H22N2/c1-5-7-8-9-11(3,4)13-12-10-6-2/h6,10,13H,2,5,7-9H2,1,3-4H3. The number of hydrogen-bond donors (Lipinski definition) is 1. The molecule has 0 aromatic heterocycles. The summed E-state index contributed by atoms with van der Waals surface area (Å²) in [5.41, 5.74) is 3.22. The summed E-state index contributed by atoms with van der Waals surface area (Å²) in [7, 11) is 0. The van der Waals surface area contributed by atoms with E-state index in [1.54, 1.807) is 12.3 Å². The van der Waals surface area contributed by atoms with Gasteiger partial charge in [-0.05, 0) is 26.3 Å². The molecule has 0 aromatic carbocycles. The minimum absolute atomic E-state index is 0.106. The van der Waals surface area contributed by atoms with Crippen molar-refractivity contribution >= 4 is 6.21 Å². The monoisotopic (exact) mass is 182 g/mol. The van der Waals surface area contributed by atoms with E-state index in [4.69, 9.17) is 0 Å². The maximum atomic E-state index is 4.05. The number of hydrazone groups is 1. The summed E-state index contributed by atoms with van der Waals surface area (Å²) < 4.78 is 0. The second kappa shape index (κ2) is 6.70. The van der Waals surface area contributed by atoms with Crippen LogP contribution < -0.4 is 5.43 Å². The van der Waals surface area contributed by atoms with Gasteiger partial charge in [-0.1, -0.05) is 32.8 Å². The molecule has 0 saturated carbocycles. The molecule has 0 aliphatic carbocycles. The second-order valence-electron chi connectivity index (χ2n) is 3.97. The van der Waals surface area contributed by atoms with Crippen LogP contribution in [0.2, 0.25) is 0 Å². The van der Waals surface area contributed by atoms with Crippen LogP contribution in [0, 0.1) is 0 Å². The summed E-state index contributed by atoms with van der Waals surface area (Å²) in [5, 5.41) is 4.05. The normalized spacial score (nSPS) is 11.9. The van der Waals surface area contributed by atoms with E-state index in [1.807, 2.05) is 0 Å². The summed E-state index contributed by atoms with van der Waals surface area (Å²) in [6.45, 7) is 10.1. The molecule has 0 aliphatic heterocycles. The summed E-state index contributed by atoms with van der Waals surface area (Å²) in [6.07, 6.45) is 8.36. The summed E-state index contributed by atoms with van der Waals surface area (Å²) in [6, 6.07) is 0. The van der Waals surface area contributed by atoms with Crippen LogP contribution in [0.15, 0.2) is 17.8 Å². The van der Waals surface area contributed by atoms with Crippen molar-refractivity contribution in [3.8, 4) is 0 Å². The van der Waals surface area contributed by atoms with Crippen LogP contribution in [-0.2, 0) is 0 Å². The van der Waals surface area contributed by atoms with Crippen LogP contribution in [-0.4, -0.2) is 11.8 Å². The highest BCUT2D eigenvalue weighted by atomic mass is 15.3. The Bertz CT molecular complexity index is 159. The van der Waals surface area contributed by atoms with Crippen molar-refractivity contribution in [2.75, 3.05) is 0 Å². The lowest BCUT2D eigenvalue weighted by molar-refractivity contribution is 0.358. The molecular formula is C11H22N2. The lowest BCUT2D eigenvalue weighted by Crippen LogP contribution is -2.35. The third-order valence-electron chi connectivity index (χ3n) is 1.95. The first-order chi connectivity index (χ1) is 6.12. The van der Waals surface area contributed by atoms with Gasteiger partial charge in [-0.3, -0.25) is 0 Å². The van der Waals surface area contributed by atoms with Gasteiger partial charge in [0.25, 0.3) is 0 Å². The van der Waals surface area contributed by atoms with Crippen molar-refractivity contribution in [2.24, 2.45) is 5.10 Å². The van der Waals surface area contributed by atoms with E-state index in [0.29, 0.717) is 0 Å². The topological polar surface area (TPSA) is 24.4 Å². The van der Waals surface area contributed by atoms with E-state index in [1.165, 1.54) is 19.3 Å². The summed E-state index contributed by atoms with van der Waals surface area (Å²) in [5.74, 6) is 0. The molecule has 0 atom stereocenters. The Labute approximate surface area is 82.1 Å². The number of nitrogens with zero attached hydrogens (tertiary/aromatic N) is 1. The average molecular weight is 182 g/mol. The summed E-state index contributed by atoms with van der Waals surface area (Å²) in [4.78, 5) is 0. The molecule has 0 aliphatic rings. The van der Waals surface area contributed by atoms with Gasteiger partial charge >= 0.3 is 0 Å². The second-order valence-corrected chi connectivity index (χ2v) is 3.97. The Hall–Kier alpha value is -0.790. The molecule has 0 unspecified atom stereocenters. The van der Waals surface area contributed by atoms with Crippen LogP contribution in [0.25, 0.3) is 0 Å². The van der Waals surface area contributed by atoms with Gasteiger partial charge in [-0.15, -0.1) is 0 Å². The minimum atomic E-state index is 0.106. The van der Waals surface area contributed by atoms with E-state index in [-0.39, 0.29) is 5.54 Å². The molecule has 1 N–H and O–H groups in total. The molecule has 0 spiro atoms. The molecule has 13 heavy (non-hydrogen) atoms. The van der Waals surface area contributed by atoms with Crippen molar-refractivity contribution in [2.45, 2.75) is 52.0 Å². The SMILES string of the molecule is C=CC=NNC(C)(C)CCCCC. The lowest BCUT2D eigenvalue weighted by Gasteiger charge is -2.23. The number of rotatable bonds is 7. The Morgan fingerprint density at radius 2 is 2.08 bits per heavy atom. The lowest BCUT2D eigenvalue weighted by atomic mass is 9.98. The fraction of sp³-hybridized carbons (Fsp3) is 0.727. The molecule has 2 heteroatoms. The zero-order chi connectivity index (χ0) is 10.2. The predicted octanol–water partition coefficient (Wildman–Crippen LogP) is 3.11. The number of allylic oxidation sites excluding steroid dienone is 1. The van der Waals surface area contributed by atoms with E-state index in [0.717, 1.165) is 6.42 Å². The van der Waals surface area contributed by atoms with Crippen LogP contribution in [0.5, 0.6) is 0 Å².